The van der Waals surface area contributed by atoms with Crippen LogP contribution in [0.3, 0.4) is 0 Å². The second kappa shape index (κ2) is 6.22. The Morgan fingerprint density at radius 3 is 2.33 bits per heavy atom. The van der Waals surface area contributed by atoms with Crippen LogP contribution >= 0.6 is 0 Å². The number of likely N-dealkylation sites (tertiary alicyclic amines) is 1. The largest absolute Gasteiger partial charge is 0.469 e. The number of hydrogen-bond donors (Lipinski definition) is 0. The zero-order valence-electron chi connectivity index (χ0n) is 12.8. The second-order valence-electron chi connectivity index (χ2n) is 6.37. The van der Waals surface area contributed by atoms with E-state index in [1.807, 2.05) is 4.90 Å². The lowest BCUT2D eigenvalue weighted by atomic mass is 9.91. The van der Waals surface area contributed by atoms with Gasteiger partial charge in [-0.1, -0.05) is 6.42 Å². The summed E-state index contributed by atoms with van der Waals surface area (Å²) in [6.07, 6.45) is 5.05. The van der Waals surface area contributed by atoms with Crippen molar-refractivity contribution >= 4 is 12.0 Å². The summed E-state index contributed by atoms with van der Waals surface area (Å²) in [6.45, 7) is 4.77. The number of ether oxygens (including phenoxy) is 1. The zero-order chi connectivity index (χ0) is 14.8. The maximum atomic E-state index is 12.4. The number of nitrogens with zero attached hydrogens (tertiary/aromatic N) is 3. The molecule has 3 fully saturated rings. The Labute approximate surface area is 126 Å². The number of carbonyl (C=O) groups is 2. The van der Waals surface area contributed by atoms with Crippen LogP contribution in [0.2, 0.25) is 0 Å². The molecule has 0 bridgehead atoms. The minimum absolute atomic E-state index is 0.0885. The highest BCUT2D eigenvalue weighted by atomic mass is 16.5. The van der Waals surface area contributed by atoms with E-state index >= 15 is 0 Å². The first-order valence-corrected chi connectivity index (χ1v) is 8.05. The van der Waals surface area contributed by atoms with Gasteiger partial charge in [-0.05, 0) is 19.3 Å². The molecule has 118 valence electrons. The first-order valence-electron chi connectivity index (χ1n) is 8.05. The third-order valence-corrected chi connectivity index (χ3v) is 5.08. The van der Waals surface area contributed by atoms with Crippen LogP contribution in [0, 0.1) is 5.92 Å². The number of carbonyl (C=O) groups excluding carboxylic acids is 2. The van der Waals surface area contributed by atoms with Crippen molar-refractivity contribution in [2.24, 2.45) is 5.92 Å². The van der Waals surface area contributed by atoms with Crippen molar-refractivity contribution in [2.45, 2.75) is 31.7 Å². The van der Waals surface area contributed by atoms with Crippen LogP contribution in [0.5, 0.6) is 0 Å². The predicted molar refractivity (Wildman–Crippen MR) is 77.9 cm³/mol. The highest BCUT2D eigenvalue weighted by Gasteiger charge is 2.38. The number of hydrogen-bond acceptors (Lipinski definition) is 4. The molecule has 2 saturated heterocycles. The standard InChI is InChI=1S/C15H25N3O3/c1-21-14(19)12-10-18(11-12)15(20)17-7-3-6-16(8-9-17)13-4-2-5-13/h12-13H,2-11H2,1H3. The van der Waals surface area contributed by atoms with Crippen molar-refractivity contribution in [1.29, 1.82) is 0 Å². The average Bonchev–Trinajstić information content (AvgIpc) is 2.60. The summed E-state index contributed by atoms with van der Waals surface area (Å²) in [7, 11) is 1.40. The molecule has 3 rings (SSSR count). The Bertz CT molecular complexity index is 405. The summed E-state index contributed by atoms with van der Waals surface area (Å²) < 4.78 is 4.71. The van der Waals surface area contributed by atoms with Crippen LogP contribution in [-0.2, 0) is 9.53 Å². The summed E-state index contributed by atoms with van der Waals surface area (Å²) in [5, 5.41) is 0. The molecule has 0 radical (unpaired) electrons. The third kappa shape index (κ3) is 3.00. The van der Waals surface area contributed by atoms with E-state index in [2.05, 4.69) is 4.90 Å². The van der Waals surface area contributed by atoms with E-state index in [4.69, 9.17) is 4.74 Å². The van der Waals surface area contributed by atoms with Crippen LogP contribution in [0.25, 0.3) is 0 Å². The fourth-order valence-electron chi connectivity index (χ4n) is 3.40. The van der Waals surface area contributed by atoms with Gasteiger partial charge < -0.3 is 14.5 Å². The van der Waals surface area contributed by atoms with E-state index in [0.717, 1.165) is 38.6 Å². The first kappa shape index (κ1) is 14.6. The van der Waals surface area contributed by atoms with Gasteiger partial charge in [0, 0.05) is 45.3 Å². The van der Waals surface area contributed by atoms with Gasteiger partial charge in [0.05, 0.1) is 13.0 Å². The molecule has 0 aromatic carbocycles. The molecule has 0 N–H and O–H groups in total. The molecular formula is C15H25N3O3. The third-order valence-electron chi connectivity index (χ3n) is 5.08. The van der Waals surface area contributed by atoms with Crippen molar-refractivity contribution in [2.75, 3.05) is 46.4 Å². The fourth-order valence-corrected chi connectivity index (χ4v) is 3.40. The number of rotatable bonds is 2. The lowest BCUT2D eigenvalue weighted by molar-refractivity contribution is -0.150. The molecular weight excluding hydrogens is 270 g/mol. The molecule has 0 aromatic rings. The number of amides is 2. The Kier molecular flexibility index (Phi) is 4.33. The normalized spacial score (nSPS) is 25.0. The topological polar surface area (TPSA) is 53.1 Å². The van der Waals surface area contributed by atoms with Gasteiger partial charge in [-0.15, -0.1) is 0 Å². The van der Waals surface area contributed by atoms with Crippen molar-refractivity contribution in [3.05, 3.63) is 0 Å². The summed E-state index contributed by atoms with van der Waals surface area (Å²) in [6, 6.07) is 0.846. The molecule has 21 heavy (non-hydrogen) atoms. The van der Waals surface area contributed by atoms with Crippen LogP contribution in [0.15, 0.2) is 0 Å². The molecule has 0 spiro atoms. The smallest absolute Gasteiger partial charge is 0.320 e. The molecule has 2 heterocycles. The molecule has 1 saturated carbocycles. The van der Waals surface area contributed by atoms with Crippen LogP contribution < -0.4 is 0 Å². The zero-order valence-corrected chi connectivity index (χ0v) is 12.8. The van der Waals surface area contributed by atoms with E-state index in [-0.39, 0.29) is 17.9 Å². The molecule has 2 aliphatic heterocycles. The van der Waals surface area contributed by atoms with Gasteiger partial charge in [0.1, 0.15) is 0 Å². The fraction of sp³-hybridized carbons (Fsp3) is 0.867. The predicted octanol–water partition coefficient (Wildman–Crippen LogP) is 0.771. The molecule has 0 aromatic heterocycles. The van der Waals surface area contributed by atoms with Crippen LogP contribution in [-0.4, -0.2) is 79.1 Å². The van der Waals surface area contributed by atoms with Gasteiger partial charge >= 0.3 is 12.0 Å². The van der Waals surface area contributed by atoms with Gasteiger partial charge in [0.15, 0.2) is 0 Å². The van der Waals surface area contributed by atoms with Crippen molar-refractivity contribution in [3.8, 4) is 0 Å². The van der Waals surface area contributed by atoms with Gasteiger partial charge in [-0.3, -0.25) is 9.69 Å². The van der Waals surface area contributed by atoms with E-state index in [0.29, 0.717) is 13.1 Å². The first-order chi connectivity index (χ1) is 10.2. The molecule has 0 atom stereocenters. The van der Waals surface area contributed by atoms with Gasteiger partial charge in [-0.25, -0.2) is 4.79 Å². The number of urea groups is 1. The van der Waals surface area contributed by atoms with E-state index in [1.165, 1.54) is 26.4 Å². The second-order valence-corrected chi connectivity index (χ2v) is 6.37. The molecule has 0 unspecified atom stereocenters. The van der Waals surface area contributed by atoms with Crippen LogP contribution in [0.1, 0.15) is 25.7 Å². The Morgan fingerprint density at radius 1 is 0.952 bits per heavy atom. The van der Waals surface area contributed by atoms with Gasteiger partial charge in [-0.2, -0.15) is 0 Å². The minimum atomic E-state index is -0.203. The van der Waals surface area contributed by atoms with Crippen molar-refractivity contribution < 1.29 is 14.3 Å². The molecule has 6 heteroatoms. The molecule has 6 nitrogen and oxygen atoms in total. The summed E-state index contributed by atoms with van der Waals surface area (Å²) in [4.78, 5) is 30.1. The Morgan fingerprint density at radius 2 is 1.71 bits per heavy atom. The van der Waals surface area contributed by atoms with E-state index in [1.54, 1.807) is 4.90 Å². The van der Waals surface area contributed by atoms with Gasteiger partial charge in [0.25, 0.3) is 0 Å². The lowest BCUT2D eigenvalue weighted by Gasteiger charge is -2.40. The quantitative estimate of drug-likeness (QED) is 0.706. The van der Waals surface area contributed by atoms with E-state index < -0.39 is 0 Å². The number of esters is 1. The Hall–Kier alpha value is -1.30. The molecule has 1 aliphatic carbocycles. The summed E-state index contributed by atoms with van der Waals surface area (Å²) in [5.41, 5.74) is 0. The number of methoxy groups -OCH3 is 1. The van der Waals surface area contributed by atoms with Gasteiger partial charge in [0.2, 0.25) is 0 Å². The summed E-state index contributed by atoms with van der Waals surface area (Å²) >= 11 is 0. The minimum Gasteiger partial charge on any atom is -0.469 e. The van der Waals surface area contributed by atoms with Crippen LogP contribution in [0.4, 0.5) is 4.79 Å². The lowest BCUT2D eigenvalue weighted by Crippen LogP contribution is -2.57. The highest BCUT2D eigenvalue weighted by molar-refractivity contribution is 5.80. The highest BCUT2D eigenvalue weighted by Crippen LogP contribution is 2.26. The maximum Gasteiger partial charge on any atom is 0.320 e. The SMILES string of the molecule is COC(=O)C1CN(C(=O)N2CCCN(C3CCC3)CC2)C1. The maximum absolute atomic E-state index is 12.4. The average molecular weight is 295 g/mol. The van der Waals surface area contributed by atoms with Crippen molar-refractivity contribution in [1.82, 2.24) is 14.7 Å². The molecule has 2 amide bonds. The van der Waals surface area contributed by atoms with Crippen molar-refractivity contribution in [3.63, 3.8) is 0 Å². The monoisotopic (exact) mass is 295 g/mol. The molecule has 3 aliphatic rings. The summed E-state index contributed by atoms with van der Waals surface area (Å²) in [5.74, 6) is -0.330. The van der Waals surface area contributed by atoms with E-state index in [9.17, 15) is 9.59 Å². The Balaban J connectivity index is 1.46.